The highest BCUT2D eigenvalue weighted by Crippen LogP contribution is 2.55. The molecule has 1 fully saturated rings. The molecule has 37 heavy (non-hydrogen) atoms. The lowest BCUT2D eigenvalue weighted by Crippen LogP contribution is -2.23. The Morgan fingerprint density at radius 2 is 1.81 bits per heavy atom. The van der Waals surface area contributed by atoms with Crippen molar-refractivity contribution in [2.45, 2.75) is 37.0 Å². The molecule has 0 spiro atoms. The van der Waals surface area contributed by atoms with Gasteiger partial charge in [-0.15, -0.1) is 0 Å². The van der Waals surface area contributed by atoms with Crippen molar-refractivity contribution in [2.24, 2.45) is 0 Å². The smallest absolute Gasteiger partial charge is 0.274 e. The summed E-state index contributed by atoms with van der Waals surface area (Å²) in [6.07, 6.45) is 4.73. The van der Waals surface area contributed by atoms with E-state index in [1.165, 1.54) is 29.0 Å². The van der Waals surface area contributed by atoms with Crippen LogP contribution in [0.25, 0.3) is 16.9 Å². The third-order valence-electron chi connectivity index (χ3n) is 6.75. The standard InChI is InChI=1S/C27H23ClFN3O4S/c1-14-13-31-21(17-6-4-8-23(25(17)29)37(3,35)36)12-22(14)32-15(2)10-20(24(28)27(32)34)19-11-18(19)16-7-5-9-30-26(16)33/h4-10,12-13,18-19H,11H2,1-3H3,(H,30,33)/t18-,19+/m1/s1. The number of rotatable bonds is 5. The molecule has 0 radical (unpaired) electrons. The number of hydrogen-bond donors (Lipinski definition) is 1. The summed E-state index contributed by atoms with van der Waals surface area (Å²) in [5, 5.41) is 0.0634. The fourth-order valence-corrected chi connectivity index (χ4v) is 5.85. The molecule has 0 amide bonds. The van der Waals surface area contributed by atoms with Crippen molar-refractivity contribution in [3.63, 3.8) is 0 Å². The molecule has 1 aliphatic rings. The van der Waals surface area contributed by atoms with E-state index in [1.807, 2.05) is 6.07 Å². The van der Waals surface area contributed by atoms with Gasteiger partial charge in [-0.25, -0.2) is 12.8 Å². The number of benzene rings is 1. The van der Waals surface area contributed by atoms with E-state index in [-0.39, 0.29) is 33.7 Å². The Bertz CT molecular complexity index is 1800. The van der Waals surface area contributed by atoms with Crippen LogP contribution in [0.15, 0.2) is 69.3 Å². The molecule has 5 rings (SSSR count). The first-order chi connectivity index (χ1) is 17.5. The summed E-state index contributed by atoms with van der Waals surface area (Å²) in [7, 11) is -3.78. The first kappa shape index (κ1) is 25.1. The first-order valence-corrected chi connectivity index (χ1v) is 13.8. The number of nitrogens with zero attached hydrogens (tertiary/aromatic N) is 2. The number of H-pyrrole nitrogens is 1. The zero-order chi connectivity index (χ0) is 26.6. The zero-order valence-electron chi connectivity index (χ0n) is 20.2. The van der Waals surface area contributed by atoms with Gasteiger partial charge in [0.05, 0.1) is 11.4 Å². The molecule has 0 unspecified atom stereocenters. The van der Waals surface area contributed by atoms with Crippen LogP contribution in [-0.2, 0) is 9.84 Å². The molecule has 0 aliphatic heterocycles. The van der Waals surface area contributed by atoms with Gasteiger partial charge in [-0.3, -0.25) is 19.1 Å². The number of nitrogens with one attached hydrogen (secondary N) is 1. The van der Waals surface area contributed by atoms with Gasteiger partial charge in [0.15, 0.2) is 15.7 Å². The van der Waals surface area contributed by atoms with E-state index in [0.29, 0.717) is 34.5 Å². The molecule has 1 N–H and O–H groups in total. The SMILES string of the molecule is Cc1cnc(-c2cccc(S(C)(=O)=O)c2F)cc1-n1c(C)cc([C@H]2C[C@@H]2c2ccc[nH]c2=O)c(Cl)c1=O. The number of hydrogen-bond acceptors (Lipinski definition) is 5. The fraction of sp³-hybridized carbons (Fsp3) is 0.222. The van der Waals surface area contributed by atoms with Gasteiger partial charge in [-0.05, 0) is 73.6 Å². The second-order valence-electron chi connectivity index (χ2n) is 9.34. The fourth-order valence-electron chi connectivity index (χ4n) is 4.81. The van der Waals surface area contributed by atoms with Crippen molar-refractivity contribution >= 4 is 21.4 Å². The van der Waals surface area contributed by atoms with Crippen molar-refractivity contribution in [3.05, 3.63) is 109 Å². The monoisotopic (exact) mass is 539 g/mol. The summed E-state index contributed by atoms with van der Waals surface area (Å²) in [6, 6.07) is 11.0. The van der Waals surface area contributed by atoms with Crippen LogP contribution in [-0.4, -0.2) is 29.2 Å². The Labute approximate surface area is 217 Å². The van der Waals surface area contributed by atoms with Gasteiger partial charge in [0, 0.05) is 35.5 Å². The highest BCUT2D eigenvalue weighted by atomic mass is 35.5. The van der Waals surface area contributed by atoms with E-state index in [1.54, 1.807) is 38.2 Å². The van der Waals surface area contributed by atoms with E-state index >= 15 is 4.39 Å². The van der Waals surface area contributed by atoms with Crippen molar-refractivity contribution in [1.82, 2.24) is 14.5 Å². The van der Waals surface area contributed by atoms with Gasteiger partial charge in [0.25, 0.3) is 11.1 Å². The minimum absolute atomic E-state index is 0.00602. The third-order valence-corrected chi connectivity index (χ3v) is 8.25. The number of pyridine rings is 3. The molecular formula is C27H23ClFN3O4S. The second-order valence-corrected chi connectivity index (χ2v) is 11.7. The van der Waals surface area contributed by atoms with Gasteiger partial charge in [0.2, 0.25) is 0 Å². The number of aryl methyl sites for hydroxylation is 2. The molecule has 0 bridgehead atoms. The van der Waals surface area contributed by atoms with Gasteiger partial charge in [-0.2, -0.15) is 0 Å². The molecule has 7 nitrogen and oxygen atoms in total. The summed E-state index contributed by atoms with van der Waals surface area (Å²) in [4.78, 5) is 32.2. The molecule has 190 valence electrons. The molecule has 0 saturated heterocycles. The zero-order valence-corrected chi connectivity index (χ0v) is 21.8. The average molecular weight is 540 g/mol. The Morgan fingerprint density at radius 3 is 2.51 bits per heavy atom. The quantitative estimate of drug-likeness (QED) is 0.397. The number of aromatic amines is 1. The van der Waals surface area contributed by atoms with Crippen LogP contribution in [0.3, 0.4) is 0 Å². The maximum absolute atomic E-state index is 15.1. The normalized spacial score (nSPS) is 17.1. The minimum atomic E-state index is -3.78. The third kappa shape index (κ3) is 4.42. The van der Waals surface area contributed by atoms with Crippen molar-refractivity contribution in [1.29, 1.82) is 0 Å². The lowest BCUT2D eigenvalue weighted by molar-refractivity contribution is 0.572. The van der Waals surface area contributed by atoms with Crippen LogP contribution >= 0.6 is 11.6 Å². The Hall–Kier alpha value is -3.56. The van der Waals surface area contributed by atoms with Gasteiger partial charge < -0.3 is 4.98 Å². The predicted molar refractivity (Wildman–Crippen MR) is 140 cm³/mol. The average Bonchev–Trinajstić information content (AvgIpc) is 3.63. The highest BCUT2D eigenvalue weighted by Gasteiger charge is 2.42. The molecule has 1 aromatic carbocycles. The molecule has 3 heterocycles. The first-order valence-electron chi connectivity index (χ1n) is 11.5. The maximum Gasteiger partial charge on any atom is 0.274 e. The summed E-state index contributed by atoms with van der Waals surface area (Å²) in [6.45, 7) is 3.54. The highest BCUT2D eigenvalue weighted by molar-refractivity contribution is 7.90. The molecule has 1 aliphatic carbocycles. The van der Waals surface area contributed by atoms with Crippen LogP contribution < -0.4 is 11.1 Å². The lowest BCUT2D eigenvalue weighted by Gasteiger charge is -2.17. The van der Waals surface area contributed by atoms with E-state index < -0.39 is 26.1 Å². The minimum Gasteiger partial charge on any atom is -0.329 e. The summed E-state index contributed by atoms with van der Waals surface area (Å²) in [5.74, 6) is -0.962. The largest absolute Gasteiger partial charge is 0.329 e. The Kier molecular flexibility index (Phi) is 6.16. The molecule has 10 heteroatoms. The number of sulfone groups is 1. The van der Waals surface area contributed by atoms with E-state index in [9.17, 15) is 18.0 Å². The van der Waals surface area contributed by atoms with Crippen LogP contribution in [0.2, 0.25) is 5.02 Å². The second kappa shape index (κ2) is 9.08. The van der Waals surface area contributed by atoms with Gasteiger partial charge >= 0.3 is 0 Å². The molecular weight excluding hydrogens is 517 g/mol. The molecule has 1 saturated carbocycles. The van der Waals surface area contributed by atoms with Crippen molar-refractivity contribution in [3.8, 4) is 16.9 Å². The topological polar surface area (TPSA) is 102 Å². The predicted octanol–water partition coefficient (Wildman–Crippen LogP) is 4.67. The van der Waals surface area contributed by atoms with Gasteiger partial charge in [-0.1, -0.05) is 23.7 Å². The summed E-state index contributed by atoms with van der Waals surface area (Å²) in [5.41, 5.74) is 2.67. The Morgan fingerprint density at radius 1 is 1.08 bits per heavy atom. The van der Waals surface area contributed by atoms with Gasteiger partial charge in [0.1, 0.15) is 9.92 Å². The lowest BCUT2D eigenvalue weighted by atomic mass is 10.0. The number of halogens is 2. The van der Waals surface area contributed by atoms with Crippen molar-refractivity contribution in [2.75, 3.05) is 6.26 Å². The van der Waals surface area contributed by atoms with E-state index in [4.69, 9.17) is 11.6 Å². The van der Waals surface area contributed by atoms with E-state index in [0.717, 1.165) is 6.26 Å². The van der Waals surface area contributed by atoms with Crippen LogP contribution in [0.4, 0.5) is 4.39 Å². The maximum atomic E-state index is 15.1. The van der Waals surface area contributed by atoms with Crippen LogP contribution in [0.5, 0.6) is 0 Å². The van der Waals surface area contributed by atoms with Crippen LogP contribution in [0, 0.1) is 19.7 Å². The van der Waals surface area contributed by atoms with E-state index in [2.05, 4.69) is 9.97 Å². The van der Waals surface area contributed by atoms with Crippen molar-refractivity contribution < 1.29 is 12.8 Å². The molecule has 3 aromatic heterocycles. The molecule has 4 aromatic rings. The summed E-state index contributed by atoms with van der Waals surface area (Å²) >= 11 is 6.59. The summed E-state index contributed by atoms with van der Waals surface area (Å²) < 4.78 is 40.6. The number of aromatic nitrogens is 3. The Balaban J connectivity index is 1.59. The van der Waals surface area contributed by atoms with Crippen LogP contribution in [0.1, 0.15) is 40.6 Å². The molecule has 2 atom stereocenters.